The molecule has 0 amide bonds. The highest BCUT2D eigenvalue weighted by molar-refractivity contribution is 7.86. The fourth-order valence-electron chi connectivity index (χ4n) is 1.00. The second-order valence-corrected chi connectivity index (χ2v) is 4.48. The number of rotatable bonds is 4. The van der Waals surface area contributed by atoms with E-state index in [4.69, 9.17) is 0 Å². The van der Waals surface area contributed by atoms with E-state index in [1.54, 1.807) is 0 Å². The highest BCUT2D eigenvalue weighted by Gasteiger charge is 2.33. The van der Waals surface area contributed by atoms with Crippen LogP contribution in [0, 0.1) is 29.1 Å². The Morgan fingerprint density at radius 2 is 1.33 bits per heavy atom. The van der Waals surface area contributed by atoms with E-state index in [2.05, 4.69) is 10.8 Å². The van der Waals surface area contributed by atoms with Crippen LogP contribution in [0.1, 0.15) is 0 Å². The first kappa shape index (κ1) is 14.6. The SMILES string of the molecule is C=CCOS(=O)(=O)c1c(F)c(F)c(F)c(F)c1F. The van der Waals surface area contributed by atoms with Crippen molar-refractivity contribution in [3.63, 3.8) is 0 Å². The third-order valence-electron chi connectivity index (χ3n) is 1.76. The molecule has 1 aromatic rings. The van der Waals surface area contributed by atoms with E-state index < -0.39 is 50.7 Å². The molecule has 0 radical (unpaired) electrons. The molecule has 1 aromatic carbocycles. The van der Waals surface area contributed by atoms with Crippen LogP contribution in [0.5, 0.6) is 0 Å². The second kappa shape index (κ2) is 5.02. The third-order valence-corrected chi connectivity index (χ3v) is 3.07. The fraction of sp³-hybridized carbons (Fsp3) is 0.111. The molecule has 0 aliphatic carbocycles. The molecule has 0 saturated heterocycles. The molecule has 0 N–H and O–H groups in total. The van der Waals surface area contributed by atoms with E-state index in [1.165, 1.54) is 0 Å². The lowest BCUT2D eigenvalue weighted by Crippen LogP contribution is -2.15. The molecule has 18 heavy (non-hydrogen) atoms. The smallest absolute Gasteiger partial charge is 0.262 e. The number of benzene rings is 1. The lowest BCUT2D eigenvalue weighted by molar-refractivity contribution is 0.328. The van der Waals surface area contributed by atoms with Crippen molar-refractivity contribution in [2.75, 3.05) is 6.61 Å². The Hall–Kier alpha value is -1.48. The summed E-state index contributed by atoms with van der Waals surface area (Å²) in [5, 5.41) is 0. The van der Waals surface area contributed by atoms with Crippen LogP contribution in [0.3, 0.4) is 0 Å². The van der Waals surface area contributed by atoms with Crippen LogP contribution in [0.25, 0.3) is 0 Å². The van der Waals surface area contributed by atoms with Crippen LogP contribution in [-0.4, -0.2) is 15.0 Å². The normalized spacial score (nSPS) is 11.6. The average molecular weight is 288 g/mol. The van der Waals surface area contributed by atoms with Crippen molar-refractivity contribution >= 4 is 10.1 Å². The van der Waals surface area contributed by atoms with Crippen molar-refractivity contribution in [2.24, 2.45) is 0 Å². The molecule has 0 atom stereocenters. The predicted molar refractivity (Wildman–Crippen MR) is 49.6 cm³/mol. The topological polar surface area (TPSA) is 43.4 Å². The maximum Gasteiger partial charge on any atom is 0.303 e. The molecule has 0 fully saturated rings. The summed E-state index contributed by atoms with van der Waals surface area (Å²) in [6.45, 7) is 2.39. The van der Waals surface area contributed by atoms with Gasteiger partial charge in [0.05, 0.1) is 6.61 Å². The zero-order valence-electron chi connectivity index (χ0n) is 8.51. The summed E-state index contributed by atoms with van der Waals surface area (Å²) in [6, 6.07) is 0. The Balaban J connectivity index is 3.56. The molecule has 100 valence electrons. The maximum absolute atomic E-state index is 13.1. The Bertz CT molecular complexity index is 568. The van der Waals surface area contributed by atoms with Crippen molar-refractivity contribution < 1.29 is 34.6 Å². The molecule has 0 bridgehead atoms. The van der Waals surface area contributed by atoms with E-state index >= 15 is 0 Å². The van der Waals surface area contributed by atoms with Crippen LogP contribution in [0.15, 0.2) is 17.6 Å². The van der Waals surface area contributed by atoms with E-state index in [9.17, 15) is 30.4 Å². The number of hydrogen-bond donors (Lipinski definition) is 0. The number of halogens is 5. The van der Waals surface area contributed by atoms with Crippen molar-refractivity contribution in [2.45, 2.75) is 4.90 Å². The lowest BCUT2D eigenvalue weighted by Gasteiger charge is -2.08. The van der Waals surface area contributed by atoms with E-state index in [0.717, 1.165) is 6.08 Å². The third kappa shape index (κ3) is 2.36. The number of hydrogen-bond acceptors (Lipinski definition) is 3. The highest BCUT2D eigenvalue weighted by atomic mass is 32.2. The molecule has 0 spiro atoms. The van der Waals surface area contributed by atoms with Crippen LogP contribution >= 0.6 is 0 Å². The predicted octanol–water partition coefficient (Wildman–Crippen LogP) is 2.27. The van der Waals surface area contributed by atoms with Gasteiger partial charge in [-0.1, -0.05) is 6.08 Å². The minimum atomic E-state index is -5.11. The van der Waals surface area contributed by atoms with Gasteiger partial charge >= 0.3 is 10.1 Å². The van der Waals surface area contributed by atoms with Gasteiger partial charge in [0.25, 0.3) is 0 Å². The molecular formula is C9H5F5O3S. The second-order valence-electron chi connectivity index (χ2n) is 2.93. The van der Waals surface area contributed by atoms with Crippen molar-refractivity contribution in [1.29, 1.82) is 0 Å². The Kier molecular flexibility index (Phi) is 4.07. The van der Waals surface area contributed by atoms with Gasteiger partial charge in [-0.2, -0.15) is 8.42 Å². The maximum atomic E-state index is 13.1. The summed E-state index contributed by atoms with van der Waals surface area (Å²) >= 11 is 0. The first-order valence-electron chi connectivity index (χ1n) is 4.25. The van der Waals surface area contributed by atoms with Gasteiger partial charge in [0, 0.05) is 0 Å². The molecule has 1 rings (SSSR count). The van der Waals surface area contributed by atoms with Gasteiger partial charge in [0.15, 0.2) is 28.2 Å². The lowest BCUT2D eigenvalue weighted by atomic mass is 10.3. The summed E-state index contributed by atoms with van der Waals surface area (Å²) < 4.78 is 90.9. The summed E-state index contributed by atoms with van der Waals surface area (Å²) in [4.78, 5) is -2.03. The largest absolute Gasteiger partial charge is 0.303 e. The van der Waals surface area contributed by atoms with Crippen LogP contribution in [-0.2, 0) is 14.3 Å². The van der Waals surface area contributed by atoms with Gasteiger partial charge in [-0.3, -0.25) is 4.18 Å². The van der Waals surface area contributed by atoms with E-state index in [1.807, 2.05) is 0 Å². The highest BCUT2D eigenvalue weighted by Crippen LogP contribution is 2.27. The molecule has 0 saturated carbocycles. The Morgan fingerprint density at radius 1 is 0.944 bits per heavy atom. The summed E-state index contributed by atoms with van der Waals surface area (Å²) in [7, 11) is -5.11. The summed E-state index contributed by atoms with van der Waals surface area (Å²) in [5.41, 5.74) is 0. The van der Waals surface area contributed by atoms with Crippen molar-refractivity contribution in [1.82, 2.24) is 0 Å². The van der Waals surface area contributed by atoms with Crippen molar-refractivity contribution in [3.05, 3.63) is 41.7 Å². The van der Waals surface area contributed by atoms with Crippen LogP contribution < -0.4 is 0 Å². The minimum Gasteiger partial charge on any atom is -0.262 e. The fourth-order valence-corrected chi connectivity index (χ4v) is 2.01. The zero-order chi connectivity index (χ0) is 14.1. The molecule has 0 heterocycles. The molecule has 0 unspecified atom stereocenters. The van der Waals surface area contributed by atoms with Crippen LogP contribution in [0.4, 0.5) is 22.0 Å². The van der Waals surface area contributed by atoms with Gasteiger partial charge in [-0.05, 0) is 0 Å². The molecular weight excluding hydrogens is 283 g/mol. The Morgan fingerprint density at radius 3 is 1.72 bits per heavy atom. The molecule has 3 nitrogen and oxygen atoms in total. The average Bonchev–Trinajstić information content (AvgIpc) is 2.31. The zero-order valence-corrected chi connectivity index (χ0v) is 9.33. The first-order chi connectivity index (χ1) is 8.24. The van der Waals surface area contributed by atoms with Crippen molar-refractivity contribution in [3.8, 4) is 0 Å². The van der Waals surface area contributed by atoms with E-state index in [0.29, 0.717) is 0 Å². The van der Waals surface area contributed by atoms with E-state index in [-0.39, 0.29) is 0 Å². The minimum absolute atomic E-state index is 0.679. The molecule has 0 aromatic heterocycles. The van der Waals surface area contributed by atoms with Gasteiger partial charge in [-0.15, -0.1) is 6.58 Å². The van der Waals surface area contributed by atoms with Crippen LogP contribution in [0.2, 0.25) is 0 Å². The van der Waals surface area contributed by atoms with Gasteiger partial charge in [0.2, 0.25) is 5.82 Å². The molecule has 0 aliphatic heterocycles. The molecule has 9 heteroatoms. The van der Waals surface area contributed by atoms with Gasteiger partial charge < -0.3 is 0 Å². The standard InChI is InChI=1S/C9H5F5O3S/c1-2-3-17-18(15,16)9-7(13)5(11)4(10)6(12)8(9)14/h2H,1,3H2. The van der Waals surface area contributed by atoms with Gasteiger partial charge in [-0.25, -0.2) is 22.0 Å². The molecule has 0 aliphatic rings. The Labute approximate surface area is 98.6 Å². The van der Waals surface area contributed by atoms with Gasteiger partial charge in [0.1, 0.15) is 0 Å². The monoisotopic (exact) mass is 288 g/mol. The first-order valence-corrected chi connectivity index (χ1v) is 5.66. The summed E-state index contributed by atoms with van der Waals surface area (Å²) in [5.74, 6) is -12.1. The summed E-state index contributed by atoms with van der Waals surface area (Å²) in [6.07, 6.45) is 0.920. The quantitative estimate of drug-likeness (QED) is 0.281.